The normalized spacial score (nSPS) is 10.4. The zero-order valence-corrected chi connectivity index (χ0v) is 8.10. The average Bonchev–Trinajstić information content (AvgIpc) is 2.18. The minimum Gasteiger partial charge on any atom is -0.481 e. The fourth-order valence-electron chi connectivity index (χ4n) is 1.67. The fraction of sp³-hybridized carbons (Fsp3) is 0.0833. The smallest absolute Gasteiger partial charge is 0.307 e. The number of carboxylic acid groups (broad SMARTS) is 1. The third kappa shape index (κ3) is 1.91. The molecule has 0 radical (unpaired) electrons. The van der Waals surface area contributed by atoms with Gasteiger partial charge in [-0.3, -0.25) is 4.79 Å². The number of fused-ring (bicyclic) bond motifs is 1. The summed E-state index contributed by atoms with van der Waals surface area (Å²) in [6.45, 7) is 0. The van der Waals surface area contributed by atoms with Gasteiger partial charge in [-0.25, -0.2) is 0 Å². The van der Waals surface area contributed by atoms with Gasteiger partial charge in [0.25, 0.3) is 0 Å². The second-order valence-electron chi connectivity index (χ2n) is 3.47. The van der Waals surface area contributed by atoms with Gasteiger partial charge in [0, 0.05) is 5.69 Å². The van der Waals surface area contributed by atoms with E-state index in [0.29, 0.717) is 5.69 Å². The van der Waals surface area contributed by atoms with Crippen molar-refractivity contribution in [2.24, 2.45) is 0 Å². The van der Waals surface area contributed by atoms with Gasteiger partial charge in [0.2, 0.25) is 0 Å². The van der Waals surface area contributed by atoms with Gasteiger partial charge in [0.15, 0.2) is 0 Å². The Labute approximate surface area is 87.1 Å². The van der Waals surface area contributed by atoms with Gasteiger partial charge in [0.05, 0.1) is 6.42 Å². The van der Waals surface area contributed by atoms with Crippen molar-refractivity contribution in [1.29, 1.82) is 0 Å². The van der Waals surface area contributed by atoms with Crippen LogP contribution in [0.25, 0.3) is 10.8 Å². The summed E-state index contributed by atoms with van der Waals surface area (Å²) in [5.74, 6) is -0.829. The Morgan fingerprint density at radius 1 is 1.27 bits per heavy atom. The number of hydrogen-bond acceptors (Lipinski definition) is 2. The van der Waals surface area contributed by atoms with Gasteiger partial charge in [-0.05, 0) is 28.5 Å². The zero-order valence-electron chi connectivity index (χ0n) is 8.10. The maximum absolute atomic E-state index is 10.7. The van der Waals surface area contributed by atoms with Crippen LogP contribution in [0.15, 0.2) is 36.4 Å². The number of nitrogen functional groups attached to an aromatic ring is 1. The molecule has 0 amide bonds. The van der Waals surface area contributed by atoms with Crippen LogP contribution in [0, 0.1) is 0 Å². The van der Waals surface area contributed by atoms with E-state index in [9.17, 15) is 4.79 Å². The Morgan fingerprint density at radius 2 is 2.07 bits per heavy atom. The van der Waals surface area contributed by atoms with Crippen molar-refractivity contribution in [2.75, 3.05) is 5.73 Å². The summed E-state index contributed by atoms with van der Waals surface area (Å²) in [5.41, 5.74) is 7.13. The molecular formula is C12H11NO2. The number of hydrogen-bond donors (Lipinski definition) is 2. The molecular weight excluding hydrogens is 190 g/mol. The summed E-state index contributed by atoms with van der Waals surface area (Å²) in [7, 11) is 0. The van der Waals surface area contributed by atoms with Crippen LogP contribution >= 0.6 is 0 Å². The highest BCUT2D eigenvalue weighted by Gasteiger charge is 2.05. The number of benzene rings is 2. The van der Waals surface area contributed by atoms with Crippen molar-refractivity contribution in [3.8, 4) is 0 Å². The molecule has 76 valence electrons. The van der Waals surface area contributed by atoms with Gasteiger partial charge in [-0.15, -0.1) is 0 Å². The lowest BCUT2D eigenvalue weighted by Crippen LogP contribution is -2.00. The highest BCUT2D eigenvalue weighted by molar-refractivity contribution is 5.90. The molecule has 2 aromatic carbocycles. The predicted octanol–water partition coefficient (Wildman–Crippen LogP) is 2.05. The molecule has 0 aromatic heterocycles. The van der Waals surface area contributed by atoms with Crippen molar-refractivity contribution in [2.45, 2.75) is 6.42 Å². The Hall–Kier alpha value is -2.03. The van der Waals surface area contributed by atoms with Gasteiger partial charge < -0.3 is 10.8 Å². The van der Waals surface area contributed by atoms with E-state index in [0.717, 1.165) is 16.3 Å². The second kappa shape index (κ2) is 3.61. The van der Waals surface area contributed by atoms with Crippen molar-refractivity contribution in [1.82, 2.24) is 0 Å². The SMILES string of the molecule is Nc1ccc2cccc(CC(=O)O)c2c1. The van der Waals surface area contributed by atoms with E-state index < -0.39 is 5.97 Å². The molecule has 3 nitrogen and oxygen atoms in total. The van der Waals surface area contributed by atoms with Crippen LogP contribution < -0.4 is 5.73 Å². The van der Waals surface area contributed by atoms with E-state index in [1.165, 1.54) is 0 Å². The molecule has 3 heteroatoms. The van der Waals surface area contributed by atoms with Crippen LogP contribution in [-0.4, -0.2) is 11.1 Å². The molecule has 0 unspecified atom stereocenters. The quantitative estimate of drug-likeness (QED) is 0.731. The maximum atomic E-state index is 10.7. The number of anilines is 1. The molecule has 2 aromatic rings. The molecule has 2 rings (SSSR count). The highest BCUT2D eigenvalue weighted by Crippen LogP contribution is 2.21. The van der Waals surface area contributed by atoms with E-state index in [1.807, 2.05) is 36.4 Å². The third-order valence-electron chi connectivity index (χ3n) is 2.34. The predicted molar refractivity (Wildman–Crippen MR) is 59.7 cm³/mol. The van der Waals surface area contributed by atoms with E-state index >= 15 is 0 Å². The Bertz CT molecular complexity index is 520. The number of carbonyl (C=O) groups is 1. The topological polar surface area (TPSA) is 63.3 Å². The van der Waals surface area contributed by atoms with Crippen molar-refractivity contribution < 1.29 is 9.90 Å². The van der Waals surface area contributed by atoms with Crippen molar-refractivity contribution in [3.63, 3.8) is 0 Å². The largest absolute Gasteiger partial charge is 0.481 e. The molecule has 0 aliphatic heterocycles. The van der Waals surface area contributed by atoms with Gasteiger partial charge in [0.1, 0.15) is 0 Å². The molecule has 0 saturated heterocycles. The van der Waals surface area contributed by atoms with Gasteiger partial charge >= 0.3 is 5.97 Å². The van der Waals surface area contributed by atoms with E-state index in [4.69, 9.17) is 10.8 Å². The number of aliphatic carboxylic acids is 1. The minimum atomic E-state index is -0.829. The first-order chi connectivity index (χ1) is 7.16. The molecule has 0 aliphatic carbocycles. The van der Waals surface area contributed by atoms with Crippen LogP contribution in [-0.2, 0) is 11.2 Å². The molecule has 15 heavy (non-hydrogen) atoms. The molecule has 3 N–H and O–H groups in total. The average molecular weight is 201 g/mol. The fourth-order valence-corrected chi connectivity index (χ4v) is 1.67. The molecule has 0 spiro atoms. The Kier molecular flexibility index (Phi) is 2.29. The lowest BCUT2D eigenvalue weighted by molar-refractivity contribution is -0.136. The first-order valence-corrected chi connectivity index (χ1v) is 4.66. The summed E-state index contributed by atoms with van der Waals surface area (Å²) in [5, 5.41) is 10.7. The summed E-state index contributed by atoms with van der Waals surface area (Å²) < 4.78 is 0. The number of nitrogens with two attached hydrogens (primary N) is 1. The van der Waals surface area contributed by atoms with E-state index in [1.54, 1.807) is 0 Å². The molecule has 0 bridgehead atoms. The second-order valence-corrected chi connectivity index (χ2v) is 3.47. The monoisotopic (exact) mass is 201 g/mol. The van der Waals surface area contributed by atoms with Crippen molar-refractivity contribution >= 4 is 22.4 Å². The van der Waals surface area contributed by atoms with Crippen molar-refractivity contribution in [3.05, 3.63) is 42.0 Å². The number of carboxylic acids is 1. The van der Waals surface area contributed by atoms with Crippen LogP contribution in [0.4, 0.5) is 5.69 Å². The highest BCUT2D eigenvalue weighted by atomic mass is 16.4. The van der Waals surface area contributed by atoms with Crippen LogP contribution in [0.5, 0.6) is 0 Å². The Balaban J connectivity index is 2.63. The maximum Gasteiger partial charge on any atom is 0.307 e. The summed E-state index contributed by atoms with van der Waals surface area (Å²) in [6, 6.07) is 11.1. The molecule has 0 saturated carbocycles. The van der Waals surface area contributed by atoms with Gasteiger partial charge in [-0.2, -0.15) is 0 Å². The lowest BCUT2D eigenvalue weighted by Gasteiger charge is -2.04. The van der Waals surface area contributed by atoms with Crippen LogP contribution in [0.2, 0.25) is 0 Å². The zero-order chi connectivity index (χ0) is 10.8. The summed E-state index contributed by atoms with van der Waals surface area (Å²) >= 11 is 0. The first kappa shape index (κ1) is 9.52. The lowest BCUT2D eigenvalue weighted by atomic mass is 10.0. The molecule has 0 aliphatic rings. The van der Waals surface area contributed by atoms with Crippen LogP contribution in [0.3, 0.4) is 0 Å². The molecule has 0 fully saturated rings. The standard InChI is InChI=1S/C12H11NO2/c13-10-5-4-8-2-1-3-9(6-12(14)15)11(8)7-10/h1-5,7H,6,13H2,(H,14,15). The minimum absolute atomic E-state index is 0.0286. The number of rotatable bonds is 2. The third-order valence-corrected chi connectivity index (χ3v) is 2.34. The van der Waals surface area contributed by atoms with Crippen LogP contribution in [0.1, 0.15) is 5.56 Å². The Morgan fingerprint density at radius 3 is 2.80 bits per heavy atom. The van der Waals surface area contributed by atoms with E-state index in [2.05, 4.69) is 0 Å². The van der Waals surface area contributed by atoms with E-state index in [-0.39, 0.29) is 6.42 Å². The first-order valence-electron chi connectivity index (χ1n) is 4.66. The molecule has 0 atom stereocenters. The summed E-state index contributed by atoms with van der Waals surface area (Å²) in [4.78, 5) is 10.7. The summed E-state index contributed by atoms with van der Waals surface area (Å²) in [6.07, 6.45) is 0.0286. The van der Waals surface area contributed by atoms with Gasteiger partial charge in [-0.1, -0.05) is 24.3 Å². The molecule has 0 heterocycles.